The van der Waals surface area contributed by atoms with E-state index in [-0.39, 0.29) is 0 Å². The fourth-order valence-electron chi connectivity index (χ4n) is 2.09. The topological polar surface area (TPSA) is 44.5 Å². The van der Waals surface area contributed by atoms with Crippen molar-refractivity contribution in [2.75, 3.05) is 19.8 Å². The van der Waals surface area contributed by atoms with Gasteiger partial charge in [0, 0.05) is 12.2 Å². The minimum absolute atomic E-state index is 0.391. The fourth-order valence-corrected chi connectivity index (χ4v) is 2.22. The van der Waals surface area contributed by atoms with E-state index in [1.165, 1.54) is 25.7 Å². The molecule has 1 fully saturated rings. The van der Waals surface area contributed by atoms with Crippen LogP contribution in [0.15, 0.2) is 24.3 Å². The summed E-state index contributed by atoms with van der Waals surface area (Å²) in [7, 11) is 0. The summed E-state index contributed by atoms with van der Waals surface area (Å²) in [5.74, 6) is 1.69. The molecule has 0 saturated heterocycles. The van der Waals surface area contributed by atoms with E-state index in [9.17, 15) is 0 Å². The predicted molar refractivity (Wildman–Crippen MR) is 80.6 cm³/mol. The summed E-state index contributed by atoms with van der Waals surface area (Å²) in [6.45, 7) is 2.04. The zero-order chi connectivity index (χ0) is 13.5. The van der Waals surface area contributed by atoms with Crippen molar-refractivity contribution in [3.8, 4) is 5.75 Å². The second kappa shape index (κ2) is 7.46. The lowest BCUT2D eigenvalue weighted by Crippen LogP contribution is -2.15. The molecule has 104 valence electrons. The van der Waals surface area contributed by atoms with Crippen LogP contribution in [0.4, 0.5) is 0 Å². The third-order valence-electron chi connectivity index (χ3n) is 3.51. The van der Waals surface area contributed by atoms with Gasteiger partial charge in [-0.1, -0.05) is 43.6 Å². The van der Waals surface area contributed by atoms with Gasteiger partial charge >= 0.3 is 0 Å². The monoisotopic (exact) mass is 279 g/mol. The SMILES string of the molecule is NC(=S)c1cccc(OCCOCCC2CCC2)c1. The lowest BCUT2D eigenvalue weighted by Gasteiger charge is -2.24. The Morgan fingerprint density at radius 2 is 2.11 bits per heavy atom. The van der Waals surface area contributed by atoms with Gasteiger partial charge in [-0.3, -0.25) is 0 Å². The van der Waals surface area contributed by atoms with Crippen molar-refractivity contribution >= 4 is 17.2 Å². The molecule has 19 heavy (non-hydrogen) atoms. The van der Waals surface area contributed by atoms with Crippen LogP contribution in [0.3, 0.4) is 0 Å². The second-order valence-electron chi connectivity index (χ2n) is 4.94. The molecule has 1 aliphatic rings. The van der Waals surface area contributed by atoms with E-state index in [1.54, 1.807) is 0 Å². The van der Waals surface area contributed by atoms with Crippen LogP contribution < -0.4 is 10.5 Å². The lowest BCUT2D eigenvalue weighted by molar-refractivity contribution is 0.0812. The average molecular weight is 279 g/mol. The highest BCUT2D eigenvalue weighted by atomic mass is 32.1. The first-order chi connectivity index (χ1) is 9.25. The van der Waals surface area contributed by atoms with Gasteiger partial charge in [-0.05, 0) is 24.5 Å². The summed E-state index contributed by atoms with van der Waals surface area (Å²) in [5.41, 5.74) is 6.41. The predicted octanol–water partition coefficient (Wildman–Crippen LogP) is 2.91. The maximum atomic E-state index is 5.60. The van der Waals surface area contributed by atoms with Crippen LogP contribution in [-0.4, -0.2) is 24.8 Å². The molecule has 0 spiro atoms. The minimum atomic E-state index is 0.391. The second-order valence-corrected chi connectivity index (χ2v) is 5.38. The molecule has 0 atom stereocenters. The van der Waals surface area contributed by atoms with E-state index in [0.717, 1.165) is 23.8 Å². The fraction of sp³-hybridized carbons (Fsp3) is 0.533. The first kappa shape index (κ1) is 14.3. The van der Waals surface area contributed by atoms with Crippen LogP contribution in [0.2, 0.25) is 0 Å². The van der Waals surface area contributed by atoms with Crippen LogP contribution >= 0.6 is 12.2 Å². The van der Waals surface area contributed by atoms with Gasteiger partial charge < -0.3 is 15.2 Å². The Bertz CT molecular complexity index is 418. The van der Waals surface area contributed by atoms with Crippen molar-refractivity contribution in [2.45, 2.75) is 25.7 Å². The van der Waals surface area contributed by atoms with E-state index >= 15 is 0 Å². The Balaban J connectivity index is 1.59. The number of nitrogens with two attached hydrogens (primary N) is 1. The van der Waals surface area contributed by atoms with Crippen molar-refractivity contribution in [3.63, 3.8) is 0 Å². The number of hydrogen-bond donors (Lipinski definition) is 1. The molecular formula is C15H21NO2S. The molecule has 0 amide bonds. The highest BCUT2D eigenvalue weighted by molar-refractivity contribution is 7.80. The molecule has 1 aromatic rings. The number of benzene rings is 1. The standard InChI is InChI=1S/C15H21NO2S/c16-15(19)13-5-2-6-14(11-13)18-10-9-17-8-7-12-3-1-4-12/h2,5-6,11-12H,1,3-4,7-10H2,(H2,16,19). The van der Waals surface area contributed by atoms with Gasteiger partial charge in [0.05, 0.1) is 6.61 Å². The van der Waals surface area contributed by atoms with Gasteiger partial charge in [0.2, 0.25) is 0 Å². The van der Waals surface area contributed by atoms with Gasteiger partial charge in [0.15, 0.2) is 0 Å². The normalized spacial score (nSPS) is 14.9. The molecule has 2 rings (SSSR count). The van der Waals surface area contributed by atoms with Crippen LogP contribution in [-0.2, 0) is 4.74 Å². The first-order valence-corrected chi connectivity index (χ1v) is 7.27. The minimum Gasteiger partial charge on any atom is -0.491 e. The molecule has 3 nitrogen and oxygen atoms in total. The largest absolute Gasteiger partial charge is 0.491 e. The maximum absolute atomic E-state index is 5.60. The molecule has 0 aromatic heterocycles. The molecule has 1 aliphatic carbocycles. The van der Waals surface area contributed by atoms with Crippen molar-refractivity contribution in [1.82, 2.24) is 0 Å². The quantitative estimate of drug-likeness (QED) is 0.587. The smallest absolute Gasteiger partial charge is 0.120 e. The molecule has 0 bridgehead atoms. The molecule has 1 aromatic carbocycles. The summed E-state index contributed by atoms with van der Waals surface area (Å²) in [6.07, 6.45) is 5.35. The number of rotatable bonds is 8. The van der Waals surface area contributed by atoms with Crippen molar-refractivity contribution in [1.29, 1.82) is 0 Å². The number of thiocarbonyl (C=S) groups is 1. The summed E-state index contributed by atoms with van der Waals surface area (Å²) >= 11 is 4.93. The van der Waals surface area contributed by atoms with E-state index in [4.69, 9.17) is 27.4 Å². The summed E-state index contributed by atoms with van der Waals surface area (Å²) in [6, 6.07) is 7.53. The number of hydrogen-bond acceptors (Lipinski definition) is 3. The van der Waals surface area contributed by atoms with E-state index < -0.39 is 0 Å². The third kappa shape index (κ3) is 4.80. The highest BCUT2D eigenvalue weighted by Crippen LogP contribution is 2.29. The van der Waals surface area contributed by atoms with Gasteiger partial charge in [0.25, 0.3) is 0 Å². The molecular weight excluding hydrogens is 258 g/mol. The molecule has 4 heteroatoms. The summed E-state index contributed by atoms with van der Waals surface area (Å²) in [5, 5.41) is 0. The number of ether oxygens (including phenoxy) is 2. The highest BCUT2D eigenvalue weighted by Gasteiger charge is 2.16. The Morgan fingerprint density at radius 3 is 2.79 bits per heavy atom. The maximum Gasteiger partial charge on any atom is 0.120 e. The lowest BCUT2D eigenvalue weighted by atomic mass is 9.83. The van der Waals surface area contributed by atoms with Crippen molar-refractivity contribution in [3.05, 3.63) is 29.8 Å². The van der Waals surface area contributed by atoms with E-state index in [2.05, 4.69) is 0 Å². The molecule has 2 N–H and O–H groups in total. The Morgan fingerprint density at radius 1 is 1.26 bits per heavy atom. The van der Waals surface area contributed by atoms with E-state index in [0.29, 0.717) is 18.2 Å². The zero-order valence-electron chi connectivity index (χ0n) is 11.1. The van der Waals surface area contributed by atoms with E-state index in [1.807, 2.05) is 24.3 Å². The molecule has 0 aliphatic heterocycles. The first-order valence-electron chi connectivity index (χ1n) is 6.86. The van der Waals surface area contributed by atoms with Crippen LogP contribution in [0.25, 0.3) is 0 Å². The third-order valence-corrected chi connectivity index (χ3v) is 3.75. The molecule has 0 heterocycles. The van der Waals surface area contributed by atoms with Gasteiger partial charge in [-0.25, -0.2) is 0 Å². The van der Waals surface area contributed by atoms with Crippen molar-refractivity contribution in [2.24, 2.45) is 11.7 Å². The van der Waals surface area contributed by atoms with Crippen LogP contribution in [0.5, 0.6) is 5.75 Å². The summed E-state index contributed by atoms with van der Waals surface area (Å²) in [4.78, 5) is 0.391. The van der Waals surface area contributed by atoms with Crippen molar-refractivity contribution < 1.29 is 9.47 Å². The Labute approximate surface area is 120 Å². The van der Waals surface area contributed by atoms with Gasteiger partial charge in [0.1, 0.15) is 17.3 Å². The molecule has 1 saturated carbocycles. The summed E-state index contributed by atoms with van der Waals surface area (Å²) < 4.78 is 11.2. The Kier molecular flexibility index (Phi) is 5.61. The molecule has 0 radical (unpaired) electrons. The van der Waals surface area contributed by atoms with Crippen LogP contribution in [0.1, 0.15) is 31.2 Å². The van der Waals surface area contributed by atoms with Crippen LogP contribution in [0, 0.1) is 5.92 Å². The van der Waals surface area contributed by atoms with Gasteiger partial charge in [-0.2, -0.15) is 0 Å². The average Bonchev–Trinajstić information content (AvgIpc) is 2.36. The van der Waals surface area contributed by atoms with Gasteiger partial charge in [-0.15, -0.1) is 0 Å². The molecule has 0 unspecified atom stereocenters. The Hall–Kier alpha value is -1.13. The zero-order valence-corrected chi connectivity index (χ0v) is 12.0.